The summed E-state index contributed by atoms with van der Waals surface area (Å²) >= 11 is 1.53. The van der Waals surface area contributed by atoms with Crippen molar-refractivity contribution in [3.63, 3.8) is 0 Å². The van der Waals surface area contributed by atoms with Crippen molar-refractivity contribution in [1.29, 1.82) is 0 Å². The van der Waals surface area contributed by atoms with E-state index >= 15 is 0 Å². The summed E-state index contributed by atoms with van der Waals surface area (Å²) in [6.45, 7) is 2.93. The maximum absolute atomic E-state index is 5.96. The minimum Gasteiger partial charge on any atom is -0.481 e. The van der Waals surface area contributed by atoms with E-state index in [0.717, 1.165) is 38.2 Å². The fraction of sp³-hybridized carbons (Fsp3) is 0.333. The molecular weight excluding hydrogens is 356 g/mol. The van der Waals surface area contributed by atoms with Crippen LogP contribution in [-0.2, 0) is 12.0 Å². The van der Waals surface area contributed by atoms with Gasteiger partial charge in [-0.05, 0) is 43.1 Å². The molecule has 0 atom stereocenters. The Balaban J connectivity index is 1.55. The van der Waals surface area contributed by atoms with Crippen LogP contribution in [0, 0.1) is 0 Å². The van der Waals surface area contributed by atoms with E-state index in [0.29, 0.717) is 11.0 Å². The van der Waals surface area contributed by atoms with Gasteiger partial charge in [-0.1, -0.05) is 30.3 Å². The molecule has 4 rings (SSSR count). The minimum atomic E-state index is -0.0538. The van der Waals surface area contributed by atoms with Crippen LogP contribution in [-0.4, -0.2) is 35.1 Å². The van der Waals surface area contributed by atoms with Crippen LogP contribution in [0.15, 0.2) is 54.0 Å². The molecule has 27 heavy (non-hydrogen) atoms. The van der Waals surface area contributed by atoms with Crippen LogP contribution < -0.4 is 10.5 Å². The highest BCUT2D eigenvalue weighted by atomic mass is 32.1. The van der Waals surface area contributed by atoms with E-state index in [1.165, 1.54) is 22.5 Å². The van der Waals surface area contributed by atoms with Gasteiger partial charge in [0.1, 0.15) is 0 Å². The molecule has 0 bridgehead atoms. The minimum absolute atomic E-state index is 0.0538. The second kappa shape index (κ2) is 7.66. The SMILES string of the molecule is COc1cc(CN2CCC(c3ccccc3)(c3csc(N)n3)CC2)ccn1. The van der Waals surface area contributed by atoms with Crippen molar-refractivity contribution in [1.82, 2.24) is 14.9 Å². The fourth-order valence-corrected chi connectivity index (χ4v) is 4.63. The molecule has 1 aliphatic heterocycles. The van der Waals surface area contributed by atoms with Gasteiger partial charge in [-0.25, -0.2) is 9.97 Å². The van der Waals surface area contributed by atoms with Gasteiger partial charge in [0.2, 0.25) is 5.88 Å². The van der Waals surface area contributed by atoms with E-state index in [4.69, 9.17) is 10.5 Å². The summed E-state index contributed by atoms with van der Waals surface area (Å²) < 4.78 is 5.25. The smallest absolute Gasteiger partial charge is 0.213 e. The summed E-state index contributed by atoms with van der Waals surface area (Å²) in [5, 5.41) is 2.78. The van der Waals surface area contributed by atoms with Crippen molar-refractivity contribution in [2.75, 3.05) is 25.9 Å². The Morgan fingerprint density at radius 2 is 1.96 bits per heavy atom. The average Bonchev–Trinajstić information content (AvgIpc) is 3.16. The quantitative estimate of drug-likeness (QED) is 0.731. The number of thiazole rings is 1. The average molecular weight is 381 g/mol. The number of hydrogen-bond acceptors (Lipinski definition) is 6. The Bertz CT molecular complexity index is 888. The van der Waals surface area contributed by atoms with Gasteiger partial charge < -0.3 is 10.5 Å². The lowest BCUT2D eigenvalue weighted by molar-refractivity contribution is 0.170. The molecule has 0 radical (unpaired) electrons. The van der Waals surface area contributed by atoms with Crippen LogP contribution in [0.5, 0.6) is 5.88 Å². The number of benzene rings is 1. The Morgan fingerprint density at radius 3 is 2.63 bits per heavy atom. The molecule has 3 heterocycles. The Labute approximate surface area is 163 Å². The van der Waals surface area contributed by atoms with Gasteiger partial charge in [0, 0.05) is 29.6 Å². The largest absolute Gasteiger partial charge is 0.481 e. The van der Waals surface area contributed by atoms with Gasteiger partial charge in [0.15, 0.2) is 5.13 Å². The number of pyridine rings is 1. The molecule has 3 aromatic rings. The molecule has 140 valence electrons. The van der Waals surface area contributed by atoms with Gasteiger partial charge >= 0.3 is 0 Å². The van der Waals surface area contributed by atoms with Gasteiger partial charge in [0.25, 0.3) is 0 Å². The van der Waals surface area contributed by atoms with Crippen LogP contribution in [0.3, 0.4) is 0 Å². The number of methoxy groups -OCH3 is 1. The van der Waals surface area contributed by atoms with Crippen molar-refractivity contribution in [3.05, 3.63) is 70.9 Å². The molecule has 6 heteroatoms. The Kier molecular flexibility index (Phi) is 5.09. The highest BCUT2D eigenvalue weighted by Gasteiger charge is 2.39. The third-order valence-electron chi connectivity index (χ3n) is 5.46. The molecule has 0 unspecified atom stereocenters. The highest BCUT2D eigenvalue weighted by molar-refractivity contribution is 7.13. The number of aromatic nitrogens is 2. The molecule has 1 aliphatic rings. The number of nitrogen functional groups attached to an aromatic ring is 1. The van der Waals surface area contributed by atoms with E-state index in [9.17, 15) is 0 Å². The molecule has 1 aromatic carbocycles. The maximum Gasteiger partial charge on any atom is 0.213 e. The summed E-state index contributed by atoms with van der Waals surface area (Å²) in [5.74, 6) is 0.668. The third kappa shape index (κ3) is 3.68. The predicted molar refractivity (Wildman–Crippen MR) is 109 cm³/mol. The van der Waals surface area contributed by atoms with Crippen molar-refractivity contribution in [3.8, 4) is 5.88 Å². The summed E-state index contributed by atoms with van der Waals surface area (Å²) in [6, 6.07) is 14.8. The zero-order valence-corrected chi connectivity index (χ0v) is 16.3. The van der Waals surface area contributed by atoms with Crippen molar-refractivity contribution < 1.29 is 4.74 Å². The summed E-state index contributed by atoms with van der Waals surface area (Å²) in [7, 11) is 1.65. The molecule has 1 saturated heterocycles. The Morgan fingerprint density at radius 1 is 1.19 bits per heavy atom. The number of anilines is 1. The first-order chi connectivity index (χ1) is 13.2. The van der Waals surface area contributed by atoms with E-state index in [1.807, 2.05) is 12.3 Å². The lowest BCUT2D eigenvalue weighted by Gasteiger charge is -2.41. The number of rotatable bonds is 5. The summed E-state index contributed by atoms with van der Waals surface area (Å²) in [6.07, 6.45) is 3.87. The monoisotopic (exact) mass is 380 g/mol. The van der Waals surface area contributed by atoms with Crippen LogP contribution in [0.2, 0.25) is 0 Å². The van der Waals surface area contributed by atoms with Crippen LogP contribution in [0.1, 0.15) is 29.7 Å². The number of nitrogens with zero attached hydrogens (tertiary/aromatic N) is 3. The number of hydrogen-bond donors (Lipinski definition) is 1. The lowest BCUT2D eigenvalue weighted by Crippen LogP contribution is -2.43. The van der Waals surface area contributed by atoms with Crippen LogP contribution >= 0.6 is 11.3 Å². The zero-order valence-electron chi connectivity index (χ0n) is 15.5. The lowest BCUT2D eigenvalue weighted by atomic mass is 9.70. The standard InChI is InChI=1S/C21H24N4OS/c1-26-19-13-16(7-10-23-19)14-25-11-8-21(9-12-25,17-5-3-2-4-6-17)18-15-27-20(22)24-18/h2-7,10,13,15H,8-9,11-12,14H2,1H3,(H2,22,24). The molecule has 0 saturated carbocycles. The normalized spacial score (nSPS) is 16.9. The fourth-order valence-electron chi connectivity index (χ4n) is 3.97. The van der Waals surface area contributed by atoms with Crippen molar-refractivity contribution >= 4 is 16.5 Å². The highest BCUT2D eigenvalue weighted by Crippen LogP contribution is 2.42. The van der Waals surface area contributed by atoms with E-state index in [-0.39, 0.29) is 5.41 Å². The van der Waals surface area contributed by atoms with E-state index < -0.39 is 0 Å². The topological polar surface area (TPSA) is 64.3 Å². The second-order valence-electron chi connectivity index (χ2n) is 7.00. The number of likely N-dealkylation sites (tertiary alicyclic amines) is 1. The van der Waals surface area contributed by atoms with Gasteiger partial charge in [-0.3, -0.25) is 4.90 Å². The number of nitrogens with two attached hydrogens (primary N) is 1. The van der Waals surface area contributed by atoms with E-state index in [1.54, 1.807) is 7.11 Å². The van der Waals surface area contributed by atoms with Gasteiger partial charge in [-0.15, -0.1) is 11.3 Å². The first-order valence-electron chi connectivity index (χ1n) is 9.18. The molecule has 2 aromatic heterocycles. The zero-order chi connectivity index (χ0) is 18.7. The predicted octanol–water partition coefficient (Wildman–Crippen LogP) is 3.71. The molecule has 5 nitrogen and oxygen atoms in total. The van der Waals surface area contributed by atoms with Crippen LogP contribution in [0.25, 0.3) is 0 Å². The molecular formula is C21H24N4OS. The maximum atomic E-state index is 5.96. The summed E-state index contributed by atoms with van der Waals surface area (Å²) in [4.78, 5) is 11.4. The van der Waals surface area contributed by atoms with E-state index in [2.05, 4.69) is 56.6 Å². The number of ether oxygens (including phenoxy) is 1. The molecule has 1 fully saturated rings. The molecule has 2 N–H and O–H groups in total. The second-order valence-corrected chi connectivity index (χ2v) is 7.89. The van der Waals surface area contributed by atoms with Gasteiger partial charge in [-0.2, -0.15) is 0 Å². The van der Waals surface area contributed by atoms with Crippen molar-refractivity contribution in [2.45, 2.75) is 24.8 Å². The summed E-state index contributed by atoms with van der Waals surface area (Å²) in [5.41, 5.74) is 9.58. The first-order valence-corrected chi connectivity index (χ1v) is 10.1. The molecule has 0 aliphatic carbocycles. The van der Waals surface area contributed by atoms with Crippen LogP contribution in [0.4, 0.5) is 5.13 Å². The number of piperidine rings is 1. The van der Waals surface area contributed by atoms with Crippen molar-refractivity contribution in [2.24, 2.45) is 0 Å². The third-order valence-corrected chi connectivity index (χ3v) is 6.14. The molecule has 0 amide bonds. The van der Waals surface area contributed by atoms with Gasteiger partial charge in [0.05, 0.1) is 12.8 Å². The Hall–Kier alpha value is -2.44. The molecule has 0 spiro atoms. The first kappa shape index (κ1) is 17.9.